The van der Waals surface area contributed by atoms with Crippen molar-refractivity contribution >= 4 is 60.5 Å². The maximum atomic E-state index is 12.0. The zero-order chi connectivity index (χ0) is 17.0. The Balaban J connectivity index is 1.89. The van der Waals surface area contributed by atoms with Crippen LogP contribution in [0.4, 0.5) is 5.69 Å². The molecule has 9 heteroatoms. The van der Waals surface area contributed by atoms with E-state index in [1.807, 2.05) is 0 Å². The highest BCUT2D eigenvalue weighted by molar-refractivity contribution is 9.11. The van der Waals surface area contributed by atoms with Crippen molar-refractivity contribution in [3.05, 3.63) is 44.7 Å². The zero-order valence-corrected chi connectivity index (χ0v) is 16.1. The van der Waals surface area contributed by atoms with Crippen LogP contribution in [0.5, 0.6) is 0 Å². The molecule has 1 aromatic heterocycles. The fourth-order valence-corrected chi connectivity index (χ4v) is 5.03. The molecule has 0 fully saturated rings. The smallest absolute Gasteiger partial charge is 0.250 e. The molecule has 1 amide bonds. The van der Waals surface area contributed by atoms with Crippen LogP contribution in [0.2, 0.25) is 5.02 Å². The lowest BCUT2D eigenvalue weighted by Crippen LogP contribution is -2.27. The average molecular weight is 438 g/mol. The van der Waals surface area contributed by atoms with Crippen LogP contribution in [0, 0.1) is 6.92 Å². The third-order valence-electron chi connectivity index (χ3n) is 3.00. The van der Waals surface area contributed by atoms with Crippen LogP contribution in [0.3, 0.4) is 0 Å². The molecule has 0 saturated carbocycles. The highest BCUT2D eigenvalue weighted by Crippen LogP contribution is 2.26. The molecule has 2 aromatic rings. The third kappa shape index (κ3) is 5.02. The number of benzene rings is 1. The van der Waals surface area contributed by atoms with Gasteiger partial charge in [0.05, 0.1) is 3.79 Å². The number of amides is 1. The van der Waals surface area contributed by atoms with Gasteiger partial charge in [0.2, 0.25) is 15.9 Å². The second-order valence-electron chi connectivity index (χ2n) is 4.67. The maximum absolute atomic E-state index is 12.0. The Morgan fingerprint density at radius 3 is 2.70 bits per heavy atom. The highest BCUT2D eigenvalue weighted by atomic mass is 79.9. The van der Waals surface area contributed by atoms with Crippen molar-refractivity contribution in [3.63, 3.8) is 0 Å². The monoisotopic (exact) mass is 436 g/mol. The first-order valence-electron chi connectivity index (χ1n) is 6.59. The van der Waals surface area contributed by atoms with Crippen LogP contribution in [-0.2, 0) is 14.8 Å². The van der Waals surface area contributed by atoms with E-state index < -0.39 is 10.0 Å². The Morgan fingerprint density at radius 2 is 2.04 bits per heavy atom. The van der Waals surface area contributed by atoms with Crippen molar-refractivity contribution < 1.29 is 13.2 Å². The second kappa shape index (κ2) is 7.76. The predicted octanol–water partition coefficient (Wildman–Crippen LogP) is 3.78. The van der Waals surface area contributed by atoms with Gasteiger partial charge in [0.15, 0.2) is 0 Å². The van der Waals surface area contributed by atoms with Crippen LogP contribution in [0.1, 0.15) is 12.0 Å². The largest absolute Gasteiger partial charge is 0.326 e. The van der Waals surface area contributed by atoms with Crippen LogP contribution in [-0.4, -0.2) is 20.9 Å². The molecule has 23 heavy (non-hydrogen) atoms. The lowest BCUT2D eigenvalue weighted by Gasteiger charge is -2.09. The first kappa shape index (κ1) is 18.4. The summed E-state index contributed by atoms with van der Waals surface area (Å²) in [6, 6.07) is 8.38. The molecule has 0 aliphatic carbocycles. The van der Waals surface area contributed by atoms with E-state index in [1.165, 1.54) is 6.07 Å². The summed E-state index contributed by atoms with van der Waals surface area (Å²) in [6.45, 7) is 1.82. The van der Waals surface area contributed by atoms with Crippen molar-refractivity contribution in [1.82, 2.24) is 4.72 Å². The van der Waals surface area contributed by atoms with Gasteiger partial charge in [-0.3, -0.25) is 4.79 Å². The summed E-state index contributed by atoms with van der Waals surface area (Å²) in [5.41, 5.74) is 1.39. The summed E-state index contributed by atoms with van der Waals surface area (Å²) in [4.78, 5) is 11.9. The van der Waals surface area contributed by atoms with Gasteiger partial charge in [-0.05, 0) is 52.7 Å². The number of carbonyl (C=O) groups is 1. The molecule has 2 N–H and O–H groups in total. The van der Waals surface area contributed by atoms with E-state index in [1.54, 1.807) is 31.2 Å². The van der Waals surface area contributed by atoms with Crippen LogP contribution in [0.15, 0.2) is 38.3 Å². The maximum Gasteiger partial charge on any atom is 0.250 e. The molecule has 124 valence electrons. The molecule has 0 unspecified atom stereocenters. The van der Waals surface area contributed by atoms with E-state index in [2.05, 4.69) is 26.0 Å². The second-order valence-corrected chi connectivity index (χ2v) is 9.53. The number of halogens is 2. The normalized spacial score (nSPS) is 11.4. The zero-order valence-electron chi connectivity index (χ0n) is 12.1. The van der Waals surface area contributed by atoms with Gasteiger partial charge < -0.3 is 5.32 Å². The number of anilines is 1. The van der Waals surface area contributed by atoms with Crippen molar-refractivity contribution in [2.75, 3.05) is 11.9 Å². The van der Waals surface area contributed by atoms with Crippen LogP contribution >= 0.6 is 38.9 Å². The summed E-state index contributed by atoms with van der Waals surface area (Å²) in [6.07, 6.45) is 0.0255. The number of rotatable bonds is 6. The minimum absolute atomic E-state index is 0.0172. The molecule has 0 aliphatic heterocycles. The van der Waals surface area contributed by atoms with Crippen molar-refractivity contribution in [2.45, 2.75) is 17.6 Å². The Morgan fingerprint density at radius 1 is 1.30 bits per heavy atom. The Hall–Kier alpha value is -0.930. The SMILES string of the molecule is Cc1c(Cl)cccc1NC(=O)CCNS(=O)(=O)c1ccc(Br)s1. The Bertz CT molecular complexity index is 821. The topological polar surface area (TPSA) is 75.3 Å². The van der Waals surface area contributed by atoms with Crippen LogP contribution < -0.4 is 10.0 Å². The number of carbonyl (C=O) groups excluding carboxylic acids is 1. The van der Waals surface area contributed by atoms with Crippen molar-refractivity contribution in [3.8, 4) is 0 Å². The van der Waals surface area contributed by atoms with E-state index in [0.29, 0.717) is 10.7 Å². The quantitative estimate of drug-likeness (QED) is 0.722. The fourth-order valence-electron chi connectivity index (χ4n) is 1.77. The molecule has 2 rings (SSSR count). The Labute approximate surface area is 152 Å². The molecular weight excluding hydrogens is 424 g/mol. The lowest BCUT2D eigenvalue weighted by molar-refractivity contribution is -0.116. The first-order chi connectivity index (χ1) is 10.8. The minimum Gasteiger partial charge on any atom is -0.326 e. The molecule has 0 atom stereocenters. The molecule has 1 heterocycles. The number of sulfonamides is 1. The van der Waals surface area contributed by atoms with Gasteiger partial charge in [0.1, 0.15) is 4.21 Å². The van der Waals surface area contributed by atoms with E-state index in [9.17, 15) is 13.2 Å². The lowest BCUT2D eigenvalue weighted by atomic mass is 10.2. The van der Waals surface area contributed by atoms with Gasteiger partial charge >= 0.3 is 0 Å². The first-order valence-corrected chi connectivity index (χ1v) is 10.1. The third-order valence-corrected chi connectivity index (χ3v) is 6.99. The molecule has 0 radical (unpaired) electrons. The molecule has 5 nitrogen and oxygen atoms in total. The molecule has 0 saturated heterocycles. The summed E-state index contributed by atoms with van der Waals surface area (Å²) in [5.74, 6) is -0.287. The molecule has 0 aliphatic rings. The van der Waals surface area contributed by atoms with Gasteiger partial charge in [0.25, 0.3) is 0 Å². The van der Waals surface area contributed by atoms with Crippen LogP contribution in [0.25, 0.3) is 0 Å². The minimum atomic E-state index is -3.59. The van der Waals surface area contributed by atoms with Gasteiger partial charge in [-0.2, -0.15) is 0 Å². The van der Waals surface area contributed by atoms with E-state index >= 15 is 0 Å². The molecule has 0 bridgehead atoms. The molecule has 1 aromatic carbocycles. The fraction of sp³-hybridized carbons (Fsp3) is 0.214. The van der Waals surface area contributed by atoms with E-state index in [-0.39, 0.29) is 23.1 Å². The number of hydrogen-bond acceptors (Lipinski definition) is 4. The van der Waals surface area contributed by atoms with Gasteiger partial charge in [-0.1, -0.05) is 17.7 Å². The van der Waals surface area contributed by atoms with Crippen molar-refractivity contribution in [1.29, 1.82) is 0 Å². The predicted molar refractivity (Wildman–Crippen MR) is 96.6 cm³/mol. The van der Waals surface area contributed by atoms with E-state index in [4.69, 9.17) is 11.6 Å². The number of nitrogens with one attached hydrogen (secondary N) is 2. The number of thiophene rings is 1. The molecular formula is C14H14BrClN2O3S2. The van der Waals surface area contributed by atoms with E-state index in [0.717, 1.165) is 20.7 Å². The van der Waals surface area contributed by atoms with Gasteiger partial charge in [-0.25, -0.2) is 13.1 Å². The number of hydrogen-bond donors (Lipinski definition) is 2. The molecule has 0 spiro atoms. The highest BCUT2D eigenvalue weighted by Gasteiger charge is 2.16. The average Bonchev–Trinajstić information content (AvgIpc) is 2.91. The standard InChI is InChI=1S/C14H14BrClN2O3S2/c1-9-10(16)3-2-4-11(9)18-13(19)7-8-17-23(20,21)14-6-5-12(15)22-14/h2-6,17H,7-8H2,1H3,(H,18,19). The Kier molecular flexibility index (Phi) is 6.21. The summed E-state index contributed by atoms with van der Waals surface area (Å²) in [7, 11) is -3.59. The summed E-state index contributed by atoms with van der Waals surface area (Å²) in [5, 5.41) is 3.28. The summed E-state index contributed by atoms with van der Waals surface area (Å²) >= 11 is 10.3. The van der Waals surface area contributed by atoms with Gasteiger partial charge in [0, 0.05) is 23.7 Å². The van der Waals surface area contributed by atoms with Crippen molar-refractivity contribution in [2.24, 2.45) is 0 Å². The summed E-state index contributed by atoms with van der Waals surface area (Å²) < 4.78 is 27.4. The van der Waals surface area contributed by atoms with Gasteiger partial charge in [-0.15, -0.1) is 11.3 Å².